The number of benzene rings is 2. The summed E-state index contributed by atoms with van der Waals surface area (Å²) in [7, 11) is -3.39. The minimum absolute atomic E-state index is 0.00394. The van der Waals surface area contributed by atoms with E-state index in [1.165, 1.54) is 12.1 Å². The summed E-state index contributed by atoms with van der Waals surface area (Å²) in [6, 6.07) is 11.5. The molecule has 164 valence electrons. The molecule has 10 heteroatoms. The van der Waals surface area contributed by atoms with Crippen LogP contribution in [0.15, 0.2) is 48.5 Å². The molecule has 0 amide bonds. The molecule has 3 atom stereocenters. The number of carbonyl (C=O) groups is 1. The molecule has 0 radical (unpaired) electrons. The molecule has 0 spiro atoms. The zero-order chi connectivity index (χ0) is 22.5. The van der Waals surface area contributed by atoms with Crippen molar-refractivity contribution in [2.24, 2.45) is 5.73 Å². The summed E-state index contributed by atoms with van der Waals surface area (Å²) in [4.78, 5) is 10.7. The fourth-order valence-electron chi connectivity index (χ4n) is 2.96. The first kappa shape index (κ1) is 24.2. The second-order valence-corrected chi connectivity index (χ2v) is 9.79. The lowest BCUT2D eigenvalue weighted by Gasteiger charge is -2.22. The minimum Gasteiger partial charge on any atom is -0.480 e. The molecule has 0 aliphatic rings. The summed E-state index contributed by atoms with van der Waals surface area (Å²) in [5.41, 5.74) is 6.67. The van der Waals surface area contributed by atoms with Crippen LogP contribution in [-0.2, 0) is 14.5 Å². The number of carboxylic acid groups (broad SMARTS) is 1. The van der Waals surface area contributed by atoms with Crippen LogP contribution in [0.5, 0.6) is 0 Å². The van der Waals surface area contributed by atoms with Crippen LogP contribution < -0.4 is 5.73 Å². The van der Waals surface area contributed by atoms with Crippen LogP contribution in [0.3, 0.4) is 0 Å². The average Bonchev–Trinajstić information content (AvgIpc) is 2.66. The first-order chi connectivity index (χ1) is 13.9. The second-order valence-electron chi connectivity index (χ2n) is 6.94. The molecule has 30 heavy (non-hydrogen) atoms. The van der Waals surface area contributed by atoms with Crippen LogP contribution in [-0.4, -0.2) is 39.0 Å². The predicted molar refractivity (Wildman–Crippen MR) is 111 cm³/mol. The van der Waals surface area contributed by atoms with Crippen molar-refractivity contribution in [2.45, 2.75) is 31.0 Å². The largest absolute Gasteiger partial charge is 0.480 e. The van der Waals surface area contributed by atoms with Crippen LogP contribution in [0, 0.1) is 4.78 Å². The second kappa shape index (κ2) is 9.80. The fraction of sp³-hybridized carbons (Fsp3) is 0.350. The van der Waals surface area contributed by atoms with E-state index in [2.05, 4.69) is 0 Å². The van der Waals surface area contributed by atoms with Gasteiger partial charge in [-0.1, -0.05) is 54.1 Å². The molecule has 0 saturated heterocycles. The van der Waals surface area contributed by atoms with Gasteiger partial charge in [0.05, 0.1) is 5.92 Å². The maximum atomic E-state index is 13.6. The number of rotatable bonds is 9. The maximum Gasteiger partial charge on any atom is 0.395 e. The summed E-state index contributed by atoms with van der Waals surface area (Å²) in [6.07, 6.45) is -5.36. The van der Waals surface area contributed by atoms with E-state index in [1.54, 1.807) is 36.4 Å². The number of carboxylic acids is 1. The highest BCUT2D eigenvalue weighted by Gasteiger charge is 2.40. The molecule has 0 heterocycles. The van der Waals surface area contributed by atoms with Gasteiger partial charge >= 0.3 is 12.1 Å². The molecular formula is C20H22ClF3N2O3S. The van der Waals surface area contributed by atoms with Gasteiger partial charge in [-0.2, -0.15) is 13.2 Å². The Balaban J connectivity index is 2.15. The molecule has 0 saturated carbocycles. The van der Waals surface area contributed by atoms with E-state index < -0.39 is 46.0 Å². The fourth-order valence-corrected chi connectivity index (χ4v) is 4.66. The predicted octanol–water partition coefficient (Wildman–Crippen LogP) is 4.89. The normalized spacial score (nSPS) is 15.9. The standard InChI is InChI=1S/C20H22ClF3N2O3S/c21-17-4-2-1-3-15(17)13-5-7-14(8-6-13)16(20(22,23)24)9-11-30(26,29)12-10-18(25)19(27)28/h1-8,16,18,26H,9-12,25H2,(H,27,28)/t16?,18-,30-/m0/s1. The molecule has 2 aromatic rings. The lowest BCUT2D eigenvalue weighted by atomic mass is 9.93. The van der Waals surface area contributed by atoms with Crippen LogP contribution >= 0.6 is 11.6 Å². The lowest BCUT2D eigenvalue weighted by molar-refractivity contribution is -0.150. The van der Waals surface area contributed by atoms with Crippen molar-refractivity contribution >= 4 is 27.3 Å². The topological polar surface area (TPSA) is 104 Å². The smallest absolute Gasteiger partial charge is 0.395 e. The van der Waals surface area contributed by atoms with Gasteiger partial charge in [-0.25, -0.2) is 4.21 Å². The van der Waals surface area contributed by atoms with Gasteiger partial charge in [-0.05, 0) is 30.0 Å². The molecule has 0 aliphatic heterocycles. The van der Waals surface area contributed by atoms with Crippen LogP contribution in [0.1, 0.15) is 24.3 Å². The Morgan fingerprint density at radius 2 is 1.67 bits per heavy atom. The Morgan fingerprint density at radius 3 is 2.20 bits per heavy atom. The zero-order valence-electron chi connectivity index (χ0n) is 15.9. The van der Waals surface area contributed by atoms with Gasteiger partial charge in [0, 0.05) is 31.8 Å². The third-order valence-electron chi connectivity index (χ3n) is 4.71. The zero-order valence-corrected chi connectivity index (χ0v) is 17.4. The quantitative estimate of drug-likeness (QED) is 0.493. The molecule has 0 aliphatic carbocycles. The van der Waals surface area contributed by atoms with E-state index in [1.807, 2.05) is 0 Å². The molecule has 5 nitrogen and oxygen atoms in total. The third-order valence-corrected chi connectivity index (χ3v) is 6.83. The summed E-state index contributed by atoms with van der Waals surface area (Å²) < 4.78 is 60.9. The summed E-state index contributed by atoms with van der Waals surface area (Å²) >= 11 is 6.13. The molecule has 1 unspecified atom stereocenters. The number of nitrogens with one attached hydrogen (secondary N) is 1. The van der Waals surface area contributed by atoms with Crippen molar-refractivity contribution in [3.05, 3.63) is 59.1 Å². The first-order valence-electron chi connectivity index (χ1n) is 9.05. The van der Waals surface area contributed by atoms with Gasteiger partial charge in [0.15, 0.2) is 0 Å². The van der Waals surface area contributed by atoms with E-state index in [0.29, 0.717) is 16.1 Å². The van der Waals surface area contributed by atoms with Crippen molar-refractivity contribution in [3.8, 4) is 11.1 Å². The van der Waals surface area contributed by atoms with E-state index in [-0.39, 0.29) is 17.7 Å². The van der Waals surface area contributed by atoms with Gasteiger partial charge in [-0.3, -0.25) is 9.57 Å². The van der Waals surface area contributed by atoms with Gasteiger partial charge in [-0.15, -0.1) is 0 Å². The molecule has 0 fully saturated rings. The number of alkyl halides is 3. The SMILES string of the molecule is N=[S@](=O)(CCC(c1ccc(-c2ccccc2Cl)cc1)C(F)(F)F)CC[C@H](N)C(=O)O. The lowest BCUT2D eigenvalue weighted by Crippen LogP contribution is -2.32. The number of hydrogen-bond acceptors (Lipinski definition) is 4. The highest BCUT2D eigenvalue weighted by atomic mass is 35.5. The number of hydrogen-bond donors (Lipinski definition) is 3. The Morgan fingerprint density at radius 1 is 1.10 bits per heavy atom. The third kappa shape index (κ3) is 6.72. The molecular weight excluding hydrogens is 441 g/mol. The van der Waals surface area contributed by atoms with Crippen molar-refractivity contribution in [3.63, 3.8) is 0 Å². The molecule has 2 rings (SSSR count). The van der Waals surface area contributed by atoms with Gasteiger partial charge in [0.2, 0.25) is 0 Å². The van der Waals surface area contributed by atoms with Crippen LogP contribution in [0.2, 0.25) is 5.02 Å². The number of halogens is 4. The highest BCUT2D eigenvalue weighted by Crippen LogP contribution is 2.39. The first-order valence-corrected chi connectivity index (χ1v) is 11.3. The number of nitrogens with two attached hydrogens (primary N) is 1. The summed E-state index contributed by atoms with van der Waals surface area (Å²) in [6.45, 7) is 0. The van der Waals surface area contributed by atoms with E-state index >= 15 is 0 Å². The van der Waals surface area contributed by atoms with E-state index in [0.717, 1.165) is 0 Å². The van der Waals surface area contributed by atoms with Crippen molar-refractivity contribution in [2.75, 3.05) is 11.5 Å². The highest BCUT2D eigenvalue weighted by molar-refractivity contribution is 7.92. The monoisotopic (exact) mass is 462 g/mol. The molecule has 2 aromatic carbocycles. The van der Waals surface area contributed by atoms with Gasteiger partial charge in [0.1, 0.15) is 6.04 Å². The van der Waals surface area contributed by atoms with Crippen molar-refractivity contribution < 1.29 is 27.3 Å². The van der Waals surface area contributed by atoms with Crippen molar-refractivity contribution in [1.82, 2.24) is 0 Å². The number of aliphatic carboxylic acids is 1. The van der Waals surface area contributed by atoms with Crippen LogP contribution in [0.4, 0.5) is 13.2 Å². The van der Waals surface area contributed by atoms with Gasteiger partial charge in [0.25, 0.3) is 0 Å². The molecule has 0 bridgehead atoms. The van der Waals surface area contributed by atoms with E-state index in [9.17, 15) is 22.2 Å². The maximum absolute atomic E-state index is 13.6. The van der Waals surface area contributed by atoms with E-state index in [4.69, 9.17) is 27.2 Å². The molecule has 4 N–H and O–H groups in total. The Bertz CT molecular complexity index is 980. The summed E-state index contributed by atoms with van der Waals surface area (Å²) in [5.74, 6) is -4.07. The Kier molecular flexibility index (Phi) is 7.90. The average molecular weight is 463 g/mol. The Labute approximate surface area is 178 Å². The van der Waals surface area contributed by atoms with Gasteiger partial charge < -0.3 is 10.8 Å². The summed E-state index contributed by atoms with van der Waals surface area (Å²) in [5, 5.41) is 9.22. The van der Waals surface area contributed by atoms with Crippen LogP contribution in [0.25, 0.3) is 11.1 Å². The minimum atomic E-state index is -4.58. The molecule has 0 aromatic heterocycles. The Hall–Kier alpha value is -2.10. The van der Waals surface area contributed by atoms with Crippen molar-refractivity contribution in [1.29, 1.82) is 4.78 Å².